The number of ketones is 1. The van der Waals surface area contributed by atoms with Crippen LogP contribution in [0.2, 0.25) is 0 Å². The van der Waals surface area contributed by atoms with Gasteiger partial charge in [-0.3, -0.25) is 9.69 Å². The summed E-state index contributed by atoms with van der Waals surface area (Å²) in [5.41, 5.74) is 1.94. The van der Waals surface area contributed by atoms with Gasteiger partial charge in [0.25, 0.3) is 0 Å². The van der Waals surface area contributed by atoms with Crippen molar-refractivity contribution in [1.29, 1.82) is 0 Å². The van der Waals surface area contributed by atoms with Crippen LogP contribution in [0.3, 0.4) is 0 Å². The molecule has 33 heavy (non-hydrogen) atoms. The van der Waals surface area contributed by atoms with Gasteiger partial charge in [-0.15, -0.1) is 11.3 Å². The standard InChI is InChI=1S/C27H25NO4S/c29-19-9-7-18(8-10-19)27-25(22-12-11-20(30)17-24(22)33-27)26(31)21-5-1-2-6-23(21)32-16-15-28-13-3-4-14-28/h1-2,5-12,17,29-30H,3-4,13-16H2. The molecular weight excluding hydrogens is 434 g/mol. The predicted octanol–water partition coefficient (Wildman–Crippen LogP) is 5.69. The average Bonchev–Trinajstić information content (AvgIpc) is 3.47. The van der Waals surface area contributed by atoms with Gasteiger partial charge in [-0.25, -0.2) is 0 Å². The molecule has 0 radical (unpaired) electrons. The van der Waals surface area contributed by atoms with Gasteiger partial charge in [-0.2, -0.15) is 0 Å². The van der Waals surface area contributed by atoms with Crippen molar-refractivity contribution >= 4 is 27.2 Å². The van der Waals surface area contributed by atoms with E-state index in [-0.39, 0.29) is 17.3 Å². The van der Waals surface area contributed by atoms with E-state index >= 15 is 0 Å². The first-order valence-corrected chi connectivity index (χ1v) is 12.0. The fourth-order valence-corrected chi connectivity index (χ4v) is 5.57. The van der Waals surface area contributed by atoms with Gasteiger partial charge in [0.2, 0.25) is 0 Å². The fourth-order valence-electron chi connectivity index (χ4n) is 4.33. The average molecular weight is 460 g/mol. The number of para-hydroxylation sites is 1. The van der Waals surface area contributed by atoms with Crippen molar-refractivity contribution in [2.75, 3.05) is 26.2 Å². The summed E-state index contributed by atoms with van der Waals surface area (Å²) in [4.78, 5) is 17.1. The number of carbonyl (C=O) groups excluding carboxylic acids is 1. The summed E-state index contributed by atoms with van der Waals surface area (Å²) in [6.45, 7) is 3.59. The van der Waals surface area contributed by atoms with Crippen LogP contribution >= 0.6 is 11.3 Å². The van der Waals surface area contributed by atoms with E-state index in [1.54, 1.807) is 48.5 Å². The molecule has 0 atom stereocenters. The summed E-state index contributed by atoms with van der Waals surface area (Å²) >= 11 is 1.45. The fraction of sp³-hybridized carbons (Fsp3) is 0.222. The molecule has 1 aliphatic heterocycles. The highest BCUT2D eigenvalue weighted by Gasteiger charge is 2.24. The number of hydrogen-bond donors (Lipinski definition) is 2. The Morgan fingerprint density at radius 3 is 2.45 bits per heavy atom. The molecule has 5 nitrogen and oxygen atoms in total. The summed E-state index contributed by atoms with van der Waals surface area (Å²) < 4.78 is 6.91. The Balaban J connectivity index is 1.53. The Bertz CT molecular complexity index is 1290. The topological polar surface area (TPSA) is 70.0 Å². The minimum atomic E-state index is -0.119. The zero-order chi connectivity index (χ0) is 22.8. The zero-order valence-electron chi connectivity index (χ0n) is 18.2. The second kappa shape index (κ2) is 9.25. The van der Waals surface area contributed by atoms with Crippen molar-refractivity contribution < 1.29 is 19.7 Å². The lowest BCUT2D eigenvalue weighted by molar-refractivity contribution is 0.103. The van der Waals surface area contributed by atoms with E-state index in [9.17, 15) is 15.0 Å². The quantitative estimate of drug-likeness (QED) is 0.348. The van der Waals surface area contributed by atoms with E-state index in [0.717, 1.165) is 40.2 Å². The molecule has 0 amide bonds. The van der Waals surface area contributed by atoms with E-state index in [2.05, 4.69) is 4.90 Å². The largest absolute Gasteiger partial charge is 0.508 e. The second-order valence-corrected chi connectivity index (χ2v) is 9.31. The maximum absolute atomic E-state index is 13.9. The molecular formula is C27H25NO4S. The molecule has 0 saturated carbocycles. The number of carbonyl (C=O) groups is 1. The molecule has 2 N–H and O–H groups in total. The number of fused-ring (bicyclic) bond motifs is 1. The van der Waals surface area contributed by atoms with Gasteiger partial charge in [0, 0.05) is 27.1 Å². The minimum absolute atomic E-state index is 0.119. The first kappa shape index (κ1) is 21.5. The molecule has 2 heterocycles. The maximum atomic E-state index is 13.9. The summed E-state index contributed by atoms with van der Waals surface area (Å²) in [6.07, 6.45) is 2.46. The van der Waals surface area contributed by atoms with Crippen molar-refractivity contribution in [2.24, 2.45) is 0 Å². The molecule has 0 bridgehead atoms. The SMILES string of the molecule is O=C(c1ccccc1OCCN1CCCC1)c1c(-c2ccc(O)cc2)sc2cc(O)ccc12. The van der Waals surface area contributed by atoms with E-state index in [1.807, 2.05) is 18.2 Å². The van der Waals surface area contributed by atoms with Gasteiger partial charge in [-0.1, -0.05) is 12.1 Å². The molecule has 0 spiro atoms. The van der Waals surface area contributed by atoms with Crippen LogP contribution < -0.4 is 4.74 Å². The molecule has 0 unspecified atom stereocenters. The summed E-state index contributed by atoms with van der Waals surface area (Å²) in [7, 11) is 0. The number of benzene rings is 3. The van der Waals surface area contributed by atoms with Crippen LogP contribution in [-0.4, -0.2) is 47.1 Å². The molecule has 168 valence electrons. The van der Waals surface area contributed by atoms with Crippen molar-refractivity contribution in [3.8, 4) is 27.7 Å². The number of nitrogens with zero attached hydrogens (tertiary/aromatic N) is 1. The van der Waals surface area contributed by atoms with Crippen LogP contribution in [-0.2, 0) is 0 Å². The third kappa shape index (κ3) is 4.45. The zero-order valence-corrected chi connectivity index (χ0v) is 19.0. The number of phenolic OH excluding ortho intramolecular Hbond substituents is 2. The number of phenols is 2. The van der Waals surface area contributed by atoms with E-state index < -0.39 is 0 Å². The second-order valence-electron chi connectivity index (χ2n) is 8.26. The summed E-state index contributed by atoms with van der Waals surface area (Å²) in [5, 5.41) is 20.5. The highest BCUT2D eigenvalue weighted by atomic mass is 32.1. The predicted molar refractivity (Wildman–Crippen MR) is 132 cm³/mol. The van der Waals surface area contributed by atoms with Gasteiger partial charge in [0.1, 0.15) is 23.9 Å². The van der Waals surface area contributed by atoms with Crippen molar-refractivity contribution in [2.45, 2.75) is 12.8 Å². The van der Waals surface area contributed by atoms with Gasteiger partial charge in [0.05, 0.1) is 5.56 Å². The smallest absolute Gasteiger partial charge is 0.198 e. The Morgan fingerprint density at radius 2 is 1.67 bits per heavy atom. The summed E-state index contributed by atoms with van der Waals surface area (Å²) in [5.74, 6) is 0.788. The number of likely N-dealkylation sites (tertiary alicyclic amines) is 1. The van der Waals surface area contributed by atoms with E-state index in [1.165, 1.54) is 24.2 Å². The van der Waals surface area contributed by atoms with Crippen molar-refractivity contribution in [1.82, 2.24) is 4.90 Å². The molecule has 6 heteroatoms. The Hall–Kier alpha value is -3.35. The number of thiophene rings is 1. The third-order valence-electron chi connectivity index (χ3n) is 6.03. The first-order chi connectivity index (χ1) is 16.1. The first-order valence-electron chi connectivity index (χ1n) is 11.1. The number of aromatic hydroxyl groups is 2. The van der Waals surface area contributed by atoms with Crippen LogP contribution in [0.25, 0.3) is 20.5 Å². The molecule has 1 saturated heterocycles. The van der Waals surface area contributed by atoms with Crippen molar-refractivity contribution in [3.05, 3.63) is 77.9 Å². The Kier molecular flexibility index (Phi) is 6.03. The Labute approximate surface area is 196 Å². The lowest BCUT2D eigenvalue weighted by Crippen LogP contribution is -2.25. The molecule has 3 aromatic carbocycles. The van der Waals surface area contributed by atoms with Crippen molar-refractivity contribution in [3.63, 3.8) is 0 Å². The van der Waals surface area contributed by atoms with Gasteiger partial charge in [0.15, 0.2) is 5.78 Å². The van der Waals surface area contributed by atoms with Crippen LogP contribution in [0.4, 0.5) is 0 Å². The lowest BCUT2D eigenvalue weighted by atomic mass is 9.97. The monoisotopic (exact) mass is 459 g/mol. The van der Waals surface area contributed by atoms with Crippen LogP contribution in [0.15, 0.2) is 66.7 Å². The number of rotatable bonds is 7. The van der Waals surface area contributed by atoms with Gasteiger partial charge >= 0.3 is 0 Å². The molecule has 5 rings (SSSR count). The summed E-state index contributed by atoms with van der Waals surface area (Å²) in [6, 6.07) is 19.3. The minimum Gasteiger partial charge on any atom is -0.508 e. The lowest BCUT2D eigenvalue weighted by Gasteiger charge is -2.16. The van der Waals surface area contributed by atoms with Crippen LogP contribution in [0, 0.1) is 0 Å². The van der Waals surface area contributed by atoms with Crippen LogP contribution in [0.1, 0.15) is 28.8 Å². The molecule has 4 aromatic rings. The molecule has 1 aromatic heterocycles. The van der Waals surface area contributed by atoms with E-state index in [4.69, 9.17) is 4.74 Å². The van der Waals surface area contributed by atoms with E-state index in [0.29, 0.717) is 23.5 Å². The van der Waals surface area contributed by atoms with Gasteiger partial charge in [-0.05, 0) is 86.1 Å². The number of hydrogen-bond acceptors (Lipinski definition) is 6. The molecule has 1 fully saturated rings. The molecule has 0 aliphatic carbocycles. The highest BCUT2D eigenvalue weighted by Crippen LogP contribution is 2.42. The van der Waals surface area contributed by atoms with Crippen LogP contribution in [0.5, 0.6) is 17.2 Å². The normalized spacial score (nSPS) is 14.1. The maximum Gasteiger partial charge on any atom is 0.198 e. The number of ether oxygens (including phenoxy) is 1. The van der Waals surface area contributed by atoms with Gasteiger partial charge < -0.3 is 14.9 Å². The third-order valence-corrected chi connectivity index (χ3v) is 7.23. The Morgan fingerprint density at radius 1 is 0.939 bits per heavy atom. The molecule has 1 aliphatic rings. The highest BCUT2D eigenvalue weighted by molar-refractivity contribution is 7.22.